The number of nitrogens with one attached hydrogen (secondary N) is 1. The molecule has 1 aromatic heterocycles. The molecule has 6 nitrogen and oxygen atoms in total. The molecule has 1 aromatic carbocycles. The summed E-state index contributed by atoms with van der Waals surface area (Å²) in [6, 6.07) is 9.17. The van der Waals surface area contributed by atoms with Gasteiger partial charge in [0.05, 0.1) is 24.4 Å². The predicted molar refractivity (Wildman–Crippen MR) is 86.6 cm³/mol. The monoisotopic (exact) mass is 309 g/mol. The molecule has 0 radical (unpaired) electrons. The summed E-state index contributed by atoms with van der Waals surface area (Å²) >= 11 is 0. The van der Waals surface area contributed by atoms with Crippen LogP contribution in [-0.4, -0.2) is 40.2 Å². The minimum absolute atomic E-state index is 0.108. The summed E-state index contributed by atoms with van der Waals surface area (Å²) in [5.41, 5.74) is 2.69. The van der Waals surface area contributed by atoms with E-state index in [-0.39, 0.29) is 12.5 Å². The van der Waals surface area contributed by atoms with Gasteiger partial charge in [-0.1, -0.05) is 0 Å². The first-order chi connectivity index (χ1) is 11.1. The van der Waals surface area contributed by atoms with Crippen molar-refractivity contribution in [2.75, 3.05) is 25.0 Å². The summed E-state index contributed by atoms with van der Waals surface area (Å²) < 4.78 is 1.80. The number of amides is 1. The van der Waals surface area contributed by atoms with Crippen LogP contribution in [0, 0.1) is 17.2 Å². The zero-order valence-corrected chi connectivity index (χ0v) is 13.1. The molecule has 1 aliphatic heterocycles. The molecule has 2 heterocycles. The van der Waals surface area contributed by atoms with Gasteiger partial charge in [0.2, 0.25) is 5.91 Å². The third-order valence-corrected chi connectivity index (χ3v) is 4.05. The van der Waals surface area contributed by atoms with Crippen molar-refractivity contribution < 1.29 is 4.79 Å². The van der Waals surface area contributed by atoms with Crippen LogP contribution in [0.3, 0.4) is 0 Å². The van der Waals surface area contributed by atoms with Gasteiger partial charge < -0.3 is 10.2 Å². The average Bonchev–Trinajstić information content (AvgIpc) is 2.94. The summed E-state index contributed by atoms with van der Waals surface area (Å²) in [7, 11) is 1.91. The highest BCUT2D eigenvalue weighted by Gasteiger charge is 2.30. The maximum absolute atomic E-state index is 12.1. The lowest BCUT2D eigenvalue weighted by Gasteiger charge is -2.39. The topological polar surface area (TPSA) is 74.0 Å². The van der Waals surface area contributed by atoms with Crippen LogP contribution in [0.2, 0.25) is 0 Å². The zero-order chi connectivity index (χ0) is 16.2. The lowest BCUT2D eigenvalue weighted by Crippen LogP contribution is -2.52. The number of anilines is 1. The minimum atomic E-state index is 0.108. The SMILES string of the molecule is Cn1cc(CC2CN(C(=O)CNc3ccc(C#N)cc3)C2)cn1. The van der Waals surface area contributed by atoms with E-state index in [4.69, 9.17) is 5.26 Å². The zero-order valence-electron chi connectivity index (χ0n) is 13.1. The van der Waals surface area contributed by atoms with Gasteiger partial charge in [0.15, 0.2) is 0 Å². The molecule has 1 amide bonds. The van der Waals surface area contributed by atoms with Crippen LogP contribution in [0.25, 0.3) is 0 Å². The van der Waals surface area contributed by atoms with Gasteiger partial charge in [-0.3, -0.25) is 9.48 Å². The fourth-order valence-corrected chi connectivity index (χ4v) is 2.77. The smallest absolute Gasteiger partial charge is 0.241 e. The van der Waals surface area contributed by atoms with Crippen molar-refractivity contribution in [3.05, 3.63) is 47.8 Å². The molecule has 2 aromatic rings. The van der Waals surface area contributed by atoms with Crippen molar-refractivity contribution in [3.63, 3.8) is 0 Å². The normalized spacial score (nSPS) is 14.2. The molecule has 3 rings (SSSR count). The van der Waals surface area contributed by atoms with Gasteiger partial charge in [-0.25, -0.2) is 0 Å². The molecule has 0 atom stereocenters. The number of carbonyl (C=O) groups excluding carboxylic acids is 1. The molecule has 1 fully saturated rings. The van der Waals surface area contributed by atoms with Gasteiger partial charge in [-0.2, -0.15) is 10.4 Å². The maximum Gasteiger partial charge on any atom is 0.241 e. The van der Waals surface area contributed by atoms with Crippen LogP contribution in [0.15, 0.2) is 36.7 Å². The molecule has 1 aliphatic rings. The Morgan fingerprint density at radius 2 is 2.13 bits per heavy atom. The van der Waals surface area contributed by atoms with E-state index >= 15 is 0 Å². The molecule has 0 spiro atoms. The Bertz CT molecular complexity index is 722. The fraction of sp³-hybridized carbons (Fsp3) is 0.353. The van der Waals surface area contributed by atoms with Crippen molar-refractivity contribution in [2.24, 2.45) is 13.0 Å². The van der Waals surface area contributed by atoms with Gasteiger partial charge >= 0.3 is 0 Å². The second-order valence-electron chi connectivity index (χ2n) is 5.93. The maximum atomic E-state index is 12.1. The van der Waals surface area contributed by atoms with Gasteiger partial charge in [-0.05, 0) is 42.2 Å². The Hall–Kier alpha value is -2.81. The van der Waals surface area contributed by atoms with Crippen LogP contribution >= 0.6 is 0 Å². The van der Waals surface area contributed by atoms with Crippen LogP contribution in [0.5, 0.6) is 0 Å². The molecule has 0 saturated carbocycles. The largest absolute Gasteiger partial charge is 0.376 e. The number of aromatic nitrogens is 2. The van der Waals surface area contributed by atoms with Gasteiger partial charge in [0.1, 0.15) is 0 Å². The van der Waals surface area contributed by atoms with E-state index < -0.39 is 0 Å². The summed E-state index contributed by atoms with van der Waals surface area (Å²) in [5, 5.41) is 16.0. The number of benzene rings is 1. The van der Waals surface area contributed by atoms with E-state index in [1.54, 1.807) is 16.8 Å². The highest BCUT2D eigenvalue weighted by Crippen LogP contribution is 2.20. The molecule has 0 unspecified atom stereocenters. The number of likely N-dealkylation sites (tertiary alicyclic amines) is 1. The van der Waals surface area contributed by atoms with Crippen LogP contribution < -0.4 is 5.32 Å². The molecule has 6 heteroatoms. The van der Waals surface area contributed by atoms with Crippen molar-refractivity contribution in [1.29, 1.82) is 5.26 Å². The third kappa shape index (κ3) is 3.69. The van der Waals surface area contributed by atoms with Gasteiger partial charge in [0.25, 0.3) is 0 Å². The highest BCUT2D eigenvalue weighted by atomic mass is 16.2. The predicted octanol–water partition coefficient (Wildman–Crippen LogP) is 1.40. The summed E-state index contributed by atoms with van der Waals surface area (Å²) in [6.45, 7) is 1.90. The highest BCUT2D eigenvalue weighted by molar-refractivity contribution is 5.81. The first-order valence-electron chi connectivity index (χ1n) is 7.63. The Morgan fingerprint density at radius 1 is 1.39 bits per heavy atom. The summed E-state index contributed by atoms with van der Waals surface area (Å²) in [4.78, 5) is 14.0. The second kappa shape index (κ2) is 6.53. The van der Waals surface area contributed by atoms with Crippen molar-refractivity contribution in [3.8, 4) is 6.07 Å². The average molecular weight is 309 g/mol. The Kier molecular flexibility index (Phi) is 4.29. The van der Waals surface area contributed by atoms with Gasteiger partial charge in [-0.15, -0.1) is 0 Å². The molecule has 118 valence electrons. The number of rotatable bonds is 5. The number of hydrogen-bond acceptors (Lipinski definition) is 4. The fourth-order valence-electron chi connectivity index (χ4n) is 2.77. The lowest BCUT2D eigenvalue weighted by atomic mass is 9.93. The quantitative estimate of drug-likeness (QED) is 0.906. The van der Waals surface area contributed by atoms with E-state index in [2.05, 4.69) is 16.5 Å². The number of nitrogens with zero attached hydrogens (tertiary/aromatic N) is 4. The van der Waals surface area contributed by atoms with Crippen LogP contribution in [0.4, 0.5) is 5.69 Å². The molecule has 0 bridgehead atoms. The molecule has 1 saturated heterocycles. The third-order valence-electron chi connectivity index (χ3n) is 4.05. The Labute approximate surface area is 135 Å². The number of nitriles is 1. The van der Waals surface area contributed by atoms with Crippen molar-refractivity contribution in [1.82, 2.24) is 14.7 Å². The van der Waals surface area contributed by atoms with E-state index in [9.17, 15) is 4.79 Å². The minimum Gasteiger partial charge on any atom is -0.376 e. The number of hydrogen-bond donors (Lipinski definition) is 1. The Morgan fingerprint density at radius 3 is 2.74 bits per heavy atom. The molecule has 1 N–H and O–H groups in total. The summed E-state index contributed by atoms with van der Waals surface area (Å²) in [6.07, 6.45) is 4.88. The van der Waals surface area contributed by atoms with E-state index in [0.717, 1.165) is 25.2 Å². The van der Waals surface area contributed by atoms with E-state index in [1.807, 2.05) is 36.5 Å². The number of aryl methyl sites for hydroxylation is 1. The van der Waals surface area contributed by atoms with Crippen LogP contribution in [0.1, 0.15) is 11.1 Å². The second-order valence-corrected chi connectivity index (χ2v) is 5.93. The number of carbonyl (C=O) groups is 1. The molecule has 23 heavy (non-hydrogen) atoms. The first kappa shape index (κ1) is 15.1. The van der Waals surface area contributed by atoms with Crippen molar-refractivity contribution in [2.45, 2.75) is 6.42 Å². The lowest BCUT2D eigenvalue weighted by molar-refractivity contribution is -0.135. The van der Waals surface area contributed by atoms with Crippen LogP contribution in [-0.2, 0) is 18.3 Å². The van der Waals surface area contributed by atoms with E-state index in [0.29, 0.717) is 11.5 Å². The molecular formula is C17H19N5O. The van der Waals surface area contributed by atoms with E-state index in [1.165, 1.54) is 5.56 Å². The molecular weight excluding hydrogens is 290 g/mol. The first-order valence-corrected chi connectivity index (χ1v) is 7.63. The standard InChI is InChI=1S/C17H19N5O/c1-21-10-14(8-20-21)6-15-11-22(12-15)17(23)9-19-16-4-2-13(7-18)3-5-16/h2-5,8,10,15,19H,6,9,11-12H2,1H3. The van der Waals surface area contributed by atoms with Gasteiger partial charge in [0, 0.05) is 32.0 Å². The summed E-state index contributed by atoms with van der Waals surface area (Å²) in [5.74, 6) is 0.634. The molecule has 0 aliphatic carbocycles. The Balaban J connectivity index is 1.41. The van der Waals surface area contributed by atoms with Crippen molar-refractivity contribution >= 4 is 11.6 Å².